The number of amides is 2. The predicted octanol–water partition coefficient (Wildman–Crippen LogP) is 1.18. The molecule has 1 aromatic heterocycles. The van der Waals surface area contributed by atoms with Crippen molar-refractivity contribution in [2.75, 3.05) is 11.9 Å². The van der Waals surface area contributed by atoms with Crippen molar-refractivity contribution < 1.29 is 14.8 Å². The number of urea groups is 1. The highest BCUT2D eigenvalue weighted by atomic mass is 16.6. The Balaban J connectivity index is 1.83. The van der Waals surface area contributed by atoms with Crippen LogP contribution in [0.25, 0.3) is 0 Å². The molecule has 9 nitrogen and oxygen atoms in total. The molecule has 0 saturated heterocycles. The van der Waals surface area contributed by atoms with E-state index in [9.17, 15) is 20.0 Å². The second kappa shape index (κ2) is 6.68. The zero-order chi connectivity index (χ0) is 16.1. The van der Waals surface area contributed by atoms with Gasteiger partial charge in [0.2, 0.25) is 0 Å². The quantitative estimate of drug-likeness (QED) is 0.565. The van der Waals surface area contributed by atoms with Gasteiger partial charge in [0.1, 0.15) is 0 Å². The molecule has 0 unspecified atom stereocenters. The summed E-state index contributed by atoms with van der Waals surface area (Å²) in [5.41, 5.74) is 0.954. The number of carbonyl (C=O) groups is 1. The zero-order valence-corrected chi connectivity index (χ0v) is 11.8. The fraction of sp³-hybridized carbons (Fsp3) is 0.231. The molecule has 2 amide bonds. The van der Waals surface area contributed by atoms with E-state index in [0.29, 0.717) is 11.3 Å². The summed E-state index contributed by atoms with van der Waals surface area (Å²) in [5.74, 6) is 0. The van der Waals surface area contributed by atoms with Crippen LogP contribution in [0.2, 0.25) is 0 Å². The average molecular weight is 305 g/mol. The predicted molar refractivity (Wildman–Crippen MR) is 78.3 cm³/mol. The number of nitro benzene ring substituents is 1. The molecule has 1 atom stereocenters. The molecule has 116 valence electrons. The maximum atomic E-state index is 11.7. The lowest BCUT2D eigenvalue weighted by molar-refractivity contribution is -0.384. The van der Waals surface area contributed by atoms with Gasteiger partial charge in [0.25, 0.3) is 5.69 Å². The van der Waals surface area contributed by atoms with Crippen molar-refractivity contribution >= 4 is 17.4 Å². The van der Waals surface area contributed by atoms with Gasteiger partial charge in [-0.2, -0.15) is 5.10 Å². The van der Waals surface area contributed by atoms with Crippen LogP contribution in [0.1, 0.15) is 11.7 Å². The molecule has 2 rings (SSSR count). The largest absolute Gasteiger partial charge is 0.386 e. The molecule has 0 saturated carbocycles. The lowest BCUT2D eigenvalue weighted by Gasteiger charge is -2.11. The molecule has 9 heteroatoms. The number of nitrogens with zero attached hydrogens (tertiary/aromatic N) is 3. The number of hydrogen-bond acceptors (Lipinski definition) is 5. The standard InChI is InChI=1S/C13H15N5O4/c1-17-8-9(6-15-17)12(19)7-14-13(20)16-10-2-4-11(5-3-10)18(21)22/h2-6,8,12,19H,7H2,1H3,(H2,14,16,20)/t12-/m1/s1. The van der Waals surface area contributed by atoms with E-state index in [4.69, 9.17) is 0 Å². The molecule has 22 heavy (non-hydrogen) atoms. The van der Waals surface area contributed by atoms with Gasteiger partial charge in [0.05, 0.1) is 17.2 Å². The Morgan fingerprint density at radius 1 is 1.45 bits per heavy atom. The van der Waals surface area contributed by atoms with Crippen molar-refractivity contribution in [1.29, 1.82) is 0 Å². The summed E-state index contributed by atoms with van der Waals surface area (Å²) in [6.45, 7) is 0.0184. The number of nitrogens with one attached hydrogen (secondary N) is 2. The molecule has 0 bridgehead atoms. The maximum absolute atomic E-state index is 11.7. The molecule has 0 spiro atoms. The third kappa shape index (κ3) is 4.03. The number of anilines is 1. The Morgan fingerprint density at radius 3 is 2.68 bits per heavy atom. The summed E-state index contributed by atoms with van der Waals surface area (Å²) in [6, 6.07) is 4.92. The monoisotopic (exact) mass is 305 g/mol. The molecule has 2 aromatic rings. The fourth-order valence-corrected chi connectivity index (χ4v) is 1.76. The smallest absolute Gasteiger partial charge is 0.319 e. The molecule has 0 aliphatic carbocycles. The van der Waals surface area contributed by atoms with Crippen LogP contribution in [-0.2, 0) is 7.05 Å². The molecule has 1 aromatic carbocycles. The first-order valence-corrected chi connectivity index (χ1v) is 6.41. The van der Waals surface area contributed by atoms with Crippen LogP contribution >= 0.6 is 0 Å². The van der Waals surface area contributed by atoms with Gasteiger partial charge in [0, 0.05) is 43.2 Å². The van der Waals surface area contributed by atoms with Crippen molar-refractivity contribution in [2.45, 2.75) is 6.10 Å². The number of rotatable bonds is 5. The van der Waals surface area contributed by atoms with Crippen molar-refractivity contribution in [3.05, 3.63) is 52.3 Å². The van der Waals surface area contributed by atoms with Gasteiger partial charge in [-0.05, 0) is 12.1 Å². The van der Waals surface area contributed by atoms with E-state index in [1.54, 1.807) is 17.9 Å². The zero-order valence-electron chi connectivity index (χ0n) is 11.8. The van der Waals surface area contributed by atoms with Gasteiger partial charge >= 0.3 is 6.03 Å². The van der Waals surface area contributed by atoms with Gasteiger partial charge in [0.15, 0.2) is 0 Å². The van der Waals surface area contributed by atoms with Crippen LogP contribution in [0.4, 0.5) is 16.2 Å². The van der Waals surface area contributed by atoms with Crippen LogP contribution in [0.15, 0.2) is 36.7 Å². The molecule has 1 heterocycles. The van der Waals surface area contributed by atoms with E-state index in [0.717, 1.165) is 0 Å². The number of carbonyl (C=O) groups excluding carboxylic acids is 1. The third-order valence-electron chi connectivity index (χ3n) is 2.90. The molecule has 0 fully saturated rings. The third-order valence-corrected chi connectivity index (χ3v) is 2.90. The second-order valence-corrected chi connectivity index (χ2v) is 4.60. The van der Waals surface area contributed by atoms with Gasteiger partial charge in [-0.3, -0.25) is 14.8 Å². The number of aryl methyl sites for hydroxylation is 1. The van der Waals surface area contributed by atoms with E-state index < -0.39 is 17.1 Å². The van der Waals surface area contributed by atoms with Crippen molar-refractivity contribution in [3.8, 4) is 0 Å². The lowest BCUT2D eigenvalue weighted by atomic mass is 10.2. The lowest BCUT2D eigenvalue weighted by Crippen LogP contribution is -2.32. The summed E-state index contributed by atoms with van der Waals surface area (Å²) >= 11 is 0. The number of aliphatic hydroxyl groups excluding tert-OH is 1. The molecule has 0 aliphatic heterocycles. The van der Waals surface area contributed by atoms with Crippen molar-refractivity contribution in [2.24, 2.45) is 7.05 Å². The van der Waals surface area contributed by atoms with E-state index in [2.05, 4.69) is 15.7 Å². The van der Waals surface area contributed by atoms with Crippen LogP contribution < -0.4 is 10.6 Å². The van der Waals surface area contributed by atoms with E-state index >= 15 is 0 Å². The number of nitro groups is 1. The summed E-state index contributed by atoms with van der Waals surface area (Å²) in [7, 11) is 1.73. The summed E-state index contributed by atoms with van der Waals surface area (Å²) in [6.07, 6.45) is 2.30. The minimum Gasteiger partial charge on any atom is -0.386 e. The van der Waals surface area contributed by atoms with Gasteiger partial charge in [-0.25, -0.2) is 4.79 Å². The summed E-state index contributed by atoms with van der Waals surface area (Å²) in [4.78, 5) is 21.7. The first-order chi connectivity index (χ1) is 10.5. The van der Waals surface area contributed by atoms with Crippen molar-refractivity contribution in [1.82, 2.24) is 15.1 Å². The van der Waals surface area contributed by atoms with Gasteiger partial charge in [-0.15, -0.1) is 0 Å². The summed E-state index contributed by atoms with van der Waals surface area (Å²) < 4.78 is 1.55. The SMILES string of the molecule is Cn1cc([C@H](O)CNC(=O)Nc2ccc([N+](=O)[O-])cc2)cn1. The Bertz CT molecular complexity index is 667. The number of non-ortho nitro benzene ring substituents is 1. The number of aliphatic hydroxyl groups is 1. The van der Waals surface area contributed by atoms with E-state index in [1.165, 1.54) is 30.5 Å². The minimum absolute atomic E-state index is 0.0184. The highest BCUT2D eigenvalue weighted by Crippen LogP contribution is 2.15. The Morgan fingerprint density at radius 2 is 2.14 bits per heavy atom. The van der Waals surface area contributed by atoms with E-state index in [-0.39, 0.29) is 12.2 Å². The minimum atomic E-state index is -0.865. The van der Waals surface area contributed by atoms with Crippen LogP contribution in [0, 0.1) is 10.1 Å². The van der Waals surface area contributed by atoms with Crippen LogP contribution in [0.5, 0.6) is 0 Å². The van der Waals surface area contributed by atoms with Crippen molar-refractivity contribution in [3.63, 3.8) is 0 Å². The van der Waals surface area contributed by atoms with E-state index in [1.807, 2.05) is 0 Å². The normalized spacial score (nSPS) is 11.7. The summed E-state index contributed by atoms with van der Waals surface area (Å²) in [5, 5.41) is 29.3. The average Bonchev–Trinajstić information content (AvgIpc) is 2.92. The van der Waals surface area contributed by atoms with Crippen LogP contribution in [-0.4, -0.2) is 32.4 Å². The molecule has 0 radical (unpaired) electrons. The highest BCUT2D eigenvalue weighted by Gasteiger charge is 2.11. The molecule has 0 aliphatic rings. The maximum Gasteiger partial charge on any atom is 0.319 e. The topological polar surface area (TPSA) is 122 Å². The van der Waals surface area contributed by atoms with Gasteiger partial charge in [-0.1, -0.05) is 0 Å². The van der Waals surface area contributed by atoms with Gasteiger partial charge < -0.3 is 15.7 Å². The van der Waals surface area contributed by atoms with Crippen LogP contribution in [0.3, 0.4) is 0 Å². The Kier molecular flexibility index (Phi) is 4.69. The first kappa shape index (κ1) is 15.4. The Labute approximate surface area is 125 Å². The Hall–Kier alpha value is -2.94. The fourth-order valence-electron chi connectivity index (χ4n) is 1.76. The number of aromatic nitrogens is 2. The first-order valence-electron chi connectivity index (χ1n) is 6.41. The highest BCUT2D eigenvalue weighted by molar-refractivity contribution is 5.89. The molecular formula is C13H15N5O4. The number of hydrogen-bond donors (Lipinski definition) is 3. The second-order valence-electron chi connectivity index (χ2n) is 4.60. The number of benzene rings is 1. The molecular weight excluding hydrogens is 290 g/mol. The molecule has 3 N–H and O–H groups in total.